The van der Waals surface area contributed by atoms with Gasteiger partial charge in [-0.2, -0.15) is 8.42 Å². The van der Waals surface area contributed by atoms with Crippen molar-refractivity contribution in [2.45, 2.75) is 85.9 Å². The molecule has 0 amide bonds. The van der Waals surface area contributed by atoms with Crippen molar-refractivity contribution in [3.8, 4) is 0 Å². The van der Waals surface area contributed by atoms with Gasteiger partial charge in [-0.3, -0.25) is 18.6 Å². The van der Waals surface area contributed by atoms with Crippen LogP contribution in [0.4, 0.5) is 0 Å². The van der Waals surface area contributed by atoms with Gasteiger partial charge in [-0.15, -0.1) is 0 Å². The minimum atomic E-state index is -4.33. The summed E-state index contributed by atoms with van der Waals surface area (Å²) in [5, 5.41) is 5.25. The Morgan fingerprint density at radius 3 is 2.31 bits per heavy atom. The molecule has 3 aliphatic carbocycles. The molecule has 0 radical (unpaired) electrons. The predicted octanol–water partition coefficient (Wildman–Crippen LogP) is 2.09. The summed E-state index contributed by atoms with van der Waals surface area (Å²) >= 11 is 0. The highest BCUT2D eigenvalue weighted by Crippen LogP contribution is 2.67. The van der Waals surface area contributed by atoms with Crippen LogP contribution in [0.2, 0.25) is 0 Å². The molecule has 0 heterocycles. The Hall–Kier alpha value is -1.85. The lowest BCUT2D eigenvalue weighted by Crippen LogP contribution is -2.66. The summed E-state index contributed by atoms with van der Waals surface area (Å²) < 4.78 is 40.0. The van der Waals surface area contributed by atoms with Crippen molar-refractivity contribution in [3.05, 3.63) is 0 Å². The van der Waals surface area contributed by atoms with E-state index in [0.29, 0.717) is 12.8 Å². The van der Waals surface area contributed by atoms with E-state index in [2.05, 4.69) is 0 Å². The first-order chi connectivity index (χ1) is 16.0. The van der Waals surface area contributed by atoms with Crippen LogP contribution in [-0.4, -0.2) is 50.7 Å². The topological polar surface area (TPSA) is 156 Å². The molecule has 3 saturated carbocycles. The van der Waals surface area contributed by atoms with Gasteiger partial charge in [-0.1, -0.05) is 34.6 Å². The van der Waals surface area contributed by atoms with Crippen molar-refractivity contribution in [1.82, 2.24) is 0 Å². The summed E-state index contributed by atoms with van der Waals surface area (Å²) in [7, 11) is -4.33. The van der Waals surface area contributed by atoms with Gasteiger partial charge in [0, 0.05) is 36.0 Å². The predicted molar refractivity (Wildman–Crippen MR) is 124 cm³/mol. The minimum Gasteiger partial charge on any atom is -0.459 e. The van der Waals surface area contributed by atoms with Gasteiger partial charge in [-0.25, -0.2) is 9.93 Å². The zero-order valence-corrected chi connectivity index (χ0v) is 22.1. The summed E-state index contributed by atoms with van der Waals surface area (Å²) in [4.78, 5) is 51.3. The molecule has 2 bridgehead atoms. The van der Waals surface area contributed by atoms with Crippen LogP contribution < -0.4 is 5.14 Å². The quantitative estimate of drug-likeness (QED) is 0.523. The summed E-state index contributed by atoms with van der Waals surface area (Å²) in [5.74, 6) is -3.28. The summed E-state index contributed by atoms with van der Waals surface area (Å²) in [6.45, 7) is 9.71. The number of carbonyl (C=O) groups excluding carboxylic acids is 4. The first-order valence-corrected chi connectivity index (χ1v) is 13.6. The molecule has 0 aliphatic heterocycles. The van der Waals surface area contributed by atoms with Crippen LogP contribution in [0, 0.1) is 34.0 Å². The lowest BCUT2D eigenvalue weighted by Gasteiger charge is -2.61. The van der Waals surface area contributed by atoms with Crippen molar-refractivity contribution >= 4 is 33.8 Å². The summed E-state index contributed by atoms with van der Waals surface area (Å²) in [6, 6.07) is 0. The van der Waals surface area contributed by atoms with Crippen LogP contribution in [0.5, 0.6) is 0 Å². The maximum absolute atomic E-state index is 13.9. The second-order valence-electron chi connectivity index (χ2n) is 11.1. The Morgan fingerprint density at radius 2 is 1.77 bits per heavy atom. The van der Waals surface area contributed by atoms with E-state index in [0.717, 1.165) is 0 Å². The highest BCUT2D eigenvalue weighted by molar-refractivity contribution is 7.84. The molecular weight excluding hydrogens is 478 g/mol. The molecule has 3 aliphatic rings. The number of carbonyl (C=O) groups is 4. The monoisotopic (exact) mass is 515 g/mol. The first kappa shape index (κ1) is 27.7. The molecule has 0 spiro atoms. The van der Waals surface area contributed by atoms with Crippen LogP contribution >= 0.6 is 0 Å². The zero-order chi connectivity index (χ0) is 26.6. The van der Waals surface area contributed by atoms with Crippen molar-refractivity contribution in [2.24, 2.45) is 39.1 Å². The van der Waals surface area contributed by atoms with E-state index < -0.39 is 75.1 Å². The van der Waals surface area contributed by atoms with Gasteiger partial charge < -0.3 is 9.47 Å². The van der Waals surface area contributed by atoms with Crippen LogP contribution in [0.3, 0.4) is 0 Å². The highest BCUT2D eigenvalue weighted by Gasteiger charge is 2.71. The van der Waals surface area contributed by atoms with E-state index in [1.807, 2.05) is 27.7 Å². The molecule has 198 valence electrons. The summed E-state index contributed by atoms with van der Waals surface area (Å²) in [6.07, 6.45) is -0.384. The van der Waals surface area contributed by atoms with Gasteiger partial charge in [0.2, 0.25) is 0 Å². The largest absolute Gasteiger partial charge is 0.459 e. The number of hydrogen-bond donors (Lipinski definition) is 1. The molecule has 11 heteroatoms. The summed E-state index contributed by atoms with van der Waals surface area (Å²) in [5.41, 5.74) is -2.76. The molecule has 0 unspecified atom stereocenters. The molecule has 35 heavy (non-hydrogen) atoms. The molecule has 0 aromatic rings. The molecule has 2 N–H and O–H groups in total. The van der Waals surface area contributed by atoms with E-state index in [9.17, 15) is 27.6 Å². The minimum absolute atomic E-state index is 0.0332. The molecule has 0 saturated heterocycles. The van der Waals surface area contributed by atoms with E-state index in [-0.39, 0.29) is 30.8 Å². The number of rotatable bonds is 6. The zero-order valence-electron chi connectivity index (χ0n) is 21.3. The van der Waals surface area contributed by atoms with Gasteiger partial charge in [-0.05, 0) is 37.0 Å². The maximum atomic E-state index is 13.9. The molecular formula is C24H37NO9S. The Bertz CT molecular complexity index is 1030. The lowest BCUT2D eigenvalue weighted by atomic mass is 9.43. The first-order valence-electron chi connectivity index (χ1n) is 12.1. The van der Waals surface area contributed by atoms with Gasteiger partial charge >= 0.3 is 22.2 Å². The van der Waals surface area contributed by atoms with Crippen LogP contribution in [0.1, 0.15) is 73.6 Å². The van der Waals surface area contributed by atoms with Gasteiger partial charge in [0.15, 0.2) is 6.61 Å². The molecule has 3 fully saturated rings. The second kappa shape index (κ2) is 9.23. The fourth-order valence-corrected chi connectivity index (χ4v) is 7.71. The van der Waals surface area contributed by atoms with Gasteiger partial charge in [0.05, 0.1) is 6.10 Å². The van der Waals surface area contributed by atoms with E-state index in [4.69, 9.17) is 18.8 Å². The van der Waals surface area contributed by atoms with E-state index >= 15 is 0 Å². The number of ether oxygens (including phenoxy) is 2. The van der Waals surface area contributed by atoms with Crippen LogP contribution in [0.25, 0.3) is 0 Å². The maximum Gasteiger partial charge on any atom is 0.344 e. The highest BCUT2D eigenvalue weighted by atomic mass is 32.2. The molecule has 10 nitrogen and oxygen atoms in total. The van der Waals surface area contributed by atoms with Crippen molar-refractivity contribution < 1.29 is 41.3 Å². The van der Waals surface area contributed by atoms with Crippen LogP contribution in [0.15, 0.2) is 0 Å². The normalized spacial score (nSPS) is 41.5. The third-order valence-corrected chi connectivity index (χ3v) is 9.88. The van der Waals surface area contributed by atoms with Crippen molar-refractivity contribution in [3.63, 3.8) is 0 Å². The van der Waals surface area contributed by atoms with Crippen molar-refractivity contribution in [2.75, 3.05) is 6.61 Å². The third-order valence-electron chi connectivity index (χ3n) is 9.36. The standard InChI is InChI=1S/C24H37NO9S/c1-7-22(5)11-18(33-19(28)12-32-15(4)26)23(6)13(2)17(34-35(25,30)31)10-24(14(3)21(22)29)9-8-16(27)20(23)24/h13-14,17-18,20H,7-12H2,1-6H3,(H2,25,30,31)/t13-,14+,17+,18-,20+,22-,23+,24-/m1/s1. The van der Waals surface area contributed by atoms with Gasteiger partial charge in [0.25, 0.3) is 0 Å². The number of Topliss-reactive ketones (excluding diaryl/α,β-unsaturated/α-hetero) is 2. The molecule has 8 atom stereocenters. The van der Waals surface area contributed by atoms with E-state index in [1.54, 1.807) is 6.92 Å². The van der Waals surface area contributed by atoms with Crippen molar-refractivity contribution in [1.29, 1.82) is 0 Å². The Morgan fingerprint density at radius 1 is 1.14 bits per heavy atom. The third kappa shape index (κ3) is 4.67. The number of nitrogens with two attached hydrogens (primary N) is 1. The average Bonchev–Trinajstić information content (AvgIpc) is 3.10. The average molecular weight is 516 g/mol. The Labute approximate surface area is 206 Å². The fraction of sp³-hybridized carbons (Fsp3) is 0.833. The molecule has 3 rings (SSSR count). The smallest absolute Gasteiger partial charge is 0.344 e. The molecule has 0 aromatic heterocycles. The number of esters is 2. The Balaban J connectivity index is 2.21. The Kier molecular flexibility index (Phi) is 7.31. The lowest BCUT2D eigenvalue weighted by molar-refractivity contribution is -0.210. The number of hydrogen-bond acceptors (Lipinski definition) is 9. The van der Waals surface area contributed by atoms with Gasteiger partial charge in [0.1, 0.15) is 17.7 Å². The van der Waals surface area contributed by atoms with E-state index in [1.165, 1.54) is 6.92 Å². The SMILES string of the molecule is CC[C@]1(C)C[C@@H](OC(=O)COC(C)=O)[C@]2(C)[C@H](C)[C@@H](OS(N)(=O)=O)C[C@]3(CCC(=O)[C@H]32)[C@@H](C)C1=O. The number of ketones is 2. The second-order valence-corrected chi connectivity index (χ2v) is 12.3. The molecule has 0 aromatic carbocycles. The fourth-order valence-electron chi connectivity index (χ4n) is 7.13. The van der Waals surface area contributed by atoms with Crippen LogP contribution in [-0.2, 0) is 43.1 Å².